The van der Waals surface area contributed by atoms with Crippen molar-refractivity contribution in [1.82, 2.24) is 0 Å². The maximum absolute atomic E-state index is 12.2. The van der Waals surface area contributed by atoms with Crippen LogP contribution in [0.25, 0.3) is 0 Å². The normalized spacial score (nSPS) is 13.8. The number of hydrogen-bond acceptors (Lipinski definition) is 3. The predicted octanol–water partition coefficient (Wildman–Crippen LogP) is 2.44. The molecule has 0 radical (unpaired) electrons. The summed E-state index contributed by atoms with van der Waals surface area (Å²) in [6.45, 7) is 0.292. The van der Waals surface area contributed by atoms with Crippen molar-refractivity contribution in [2.45, 2.75) is 6.42 Å². The van der Waals surface area contributed by atoms with E-state index in [0.29, 0.717) is 23.7 Å². The van der Waals surface area contributed by atoms with Crippen LogP contribution in [0.4, 0.5) is 11.4 Å². The molecule has 22 heavy (non-hydrogen) atoms. The number of fused-ring (bicyclic) bond motifs is 1. The number of ether oxygens (including phenoxy) is 1. The first-order valence-corrected chi connectivity index (χ1v) is 7.11. The quantitative estimate of drug-likeness (QED) is 0.946. The van der Waals surface area contributed by atoms with Gasteiger partial charge >= 0.3 is 0 Å². The molecule has 0 aliphatic carbocycles. The number of anilines is 2. The highest BCUT2D eigenvalue weighted by atomic mass is 16.5. The second-order valence-corrected chi connectivity index (χ2v) is 4.96. The summed E-state index contributed by atoms with van der Waals surface area (Å²) in [6, 6.07) is 16.4. The van der Waals surface area contributed by atoms with E-state index < -0.39 is 0 Å². The number of nitrogens with one attached hydrogen (secondary N) is 1. The minimum Gasteiger partial charge on any atom is -0.491 e. The van der Waals surface area contributed by atoms with Gasteiger partial charge in [0.05, 0.1) is 18.7 Å². The Morgan fingerprint density at radius 2 is 1.82 bits per heavy atom. The van der Waals surface area contributed by atoms with Crippen molar-refractivity contribution in [3.8, 4) is 5.75 Å². The van der Waals surface area contributed by atoms with Crippen molar-refractivity contribution in [3.63, 3.8) is 0 Å². The Morgan fingerprint density at radius 3 is 2.64 bits per heavy atom. The molecule has 0 saturated heterocycles. The van der Waals surface area contributed by atoms with Crippen LogP contribution in [-0.4, -0.2) is 25.0 Å². The molecule has 2 aromatic rings. The first-order valence-electron chi connectivity index (χ1n) is 7.11. The molecule has 0 spiro atoms. The summed E-state index contributed by atoms with van der Waals surface area (Å²) in [5.41, 5.74) is 1.34. The summed E-state index contributed by atoms with van der Waals surface area (Å²) in [5, 5.41) is 2.79. The highest BCUT2D eigenvalue weighted by Crippen LogP contribution is 2.30. The van der Waals surface area contributed by atoms with E-state index in [9.17, 15) is 9.59 Å². The SMILES string of the molecule is O=C(CN1C(=O)CCOc2ccccc21)Nc1ccccc1. The number of carbonyl (C=O) groups excluding carboxylic acids is 2. The molecule has 1 N–H and O–H groups in total. The van der Waals surface area contributed by atoms with Crippen LogP contribution >= 0.6 is 0 Å². The third-order valence-corrected chi connectivity index (χ3v) is 3.39. The zero-order valence-corrected chi connectivity index (χ0v) is 12.0. The number of benzene rings is 2. The predicted molar refractivity (Wildman–Crippen MR) is 84.0 cm³/mol. The summed E-state index contributed by atoms with van der Waals surface area (Å²) < 4.78 is 5.55. The van der Waals surface area contributed by atoms with E-state index in [4.69, 9.17) is 4.74 Å². The van der Waals surface area contributed by atoms with Crippen LogP contribution in [0.15, 0.2) is 54.6 Å². The molecule has 1 aliphatic heterocycles. The van der Waals surface area contributed by atoms with E-state index in [-0.39, 0.29) is 24.8 Å². The summed E-state index contributed by atoms with van der Waals surface area (Å²) in [5.74, 6) is 0.269. The molecule has 0 bridgehead atoms. The maximum Gasteiger partial charge on any atom is 0.244 e. The van der Waals surface area contributed by atoms with Crippen LogP contribution in [0.5, 0.6) is 5.75 Å². The van der Waals surface area contributed by atoms with E-state index >= 15 is 0 Å². The van der Waals surface area contributed by atoms with Gasteiger partial charge in [-0.2, -0.15) is 0 Å². The Labute approximate surface area is 128 Å². The monoisotopic (exact) mass is 296 g/mol. The topological polar surface area (TPSA) is 58.6 Å². The molecule has 5 nitrogen and oxygen atoms in total. The molecule has 2 aromatic carbocycles. The number of nitrogens with zero attached hydrogens (tertiary/aromatic N) is 1. The number of carbonyl (C=O) groups is 2. The molecule has 1 aliphatic rings. The largest absolute Gasteiger partial charge is 0.491 e. The van der Waals surface area contributed by atoms with Gasteiger partial charge in [0.1, 0.15) is 12.3 Å². The maximum atomic E-state index is 12.2. The molecule has 0 unspecified atom stereocenters. The van der Waals surface area contributed by atoms with Crippen molar-refractivity contribution in [2.75, 3.05) is 23.4 Å². The second kappa shape index (κ2) is 6.30. The number of amides is 2. The van der Waals surface area contributed by atoms with Crippen molar-refractivity contribution >= 4 is 23.2 Å². The van der Waals surface area contributed by atoms with Crippen molar-refractivity contribution in [3.05, 3.63) is 54.6 Å². The smallest absolute Gasteiger partial charge is 0.244 e. The Balaban J connectivity index is 1.78. The average molecular weight is 296 g/mol. The average Bonchev–Trinajstić information content (AvgIpc) is 2.68. The highest BCUT2D eigenvalue weighted by molar-refractivity contribution is 6.03. The Bertz CT molecular complexity index is 685. The number of para-hydroxylation sites is 3. The van der Waals surface area contributed by atoms with Gasteiger partial charge < -0.3 is 10.1 Å². The van der Waals surface area contributed by atoms with Crippen molar-refractivity contribution in [2.24, 2.45) is 0 Å². The summed E-state index contributed by atoms with van der Waals surface area (Å²) in [6.07, 6.45) is 0.257. The van der Waals surface area contributed by atoms with Crippen molar-refractivity contribution in [1.29, 1.82) is 0 Å². The fourth-order valence-corrected chi connectivity index (χ4v) is 2.36. The first kappa shape index (κ1) is 14.1. The van der Waals surface area contributed by atoms with Crippen LogP contribution in [0, 0.1) is 0 Å². The third kappa shape index (κ3) is 3.09. The van der Waals surface area contributed by atoms with Crippen LogP contribution < -0.4 is 15.0 Å². The molecule has 0 aromatic heterocycles. The molecule has 0 saturated carbocycles. The fourth-order valence-electron chi connectivity index (χ4n) is 2.36. The molecular weight excluding hydrogens is 280 g/mol. The third-order valence-electron chi connectivity index (χ3n) is 3.39. The van der Waals surface area contributed by atoms with Gasteiger partial charge in [0.25, 0.3) is 0 Å². The lowest BCUT2D eigenvalue weighted by Gasteiger charge is -2.21. The van der Waals surface area contributed by atoms with Gasteiger partial charge in [-0.15, -0.1) is 0 Å². The Kier molecular flexibility index (Phi) is 4.05. The minimum absolute atomic E-state index is 0.0336. The minimum atomic E-state index is -0.240. The Hall–Kier alpha value is -2.82. The van der Waals surface area contributed by atoms with Gasteiger partial charge in [0.15, 0.2) is 0 Å². The highest BCUT2D eigenvalue weighted by Gasteiger charge is 2.24. The molecule has 5 heteroatoms. The molecule has 1 heterocycles. The zero-order chi connectivity index (χ0) is 15.4. The summed E-state index contributed by atoms with van der Waals surface area (Å²) >= 11 is 0. The zero-order valence-electron chi connectivity index (χ0n) is 12.0. The standard InChI is InChI=1S/C17H16N2O3/c20-16(18-13-6-2-1-3-7-13)12-19-14-8-4-5-9-15(14)22-11-10-17(19)21/h1-9H,10-12H2,(H,18,20). The molecule has 2 amide bonds. The van der Waals surface area contributed by atoms with E-state index in [2.05, 4.69) is 5.32 Å². The van der Waals surface area contributed by atoms with E-state index in [0.717, 1.165) is 0 Å². The first-order chi connectivity index (χ1) is 10.7. The lowest BCUT2D eigenvalue weighted by Crippen LogP contribution is -2.37. The molecular formula is C17H16N2O3. The van der Waals surface area contributed by atoms with E-state index in [1.54, 1.807) is 24.3 Å². The van der Waals surface area contributed by atoms with Gasteiger partial charge in [-0.1, -0.05) is 30.3 Å². The molecule has 0 atom stereocenters. The van der Waals surface area contributed by atoms with Crippen LogP contribution in [0.2, 0.25) is 0 Å². The lowest BCUT2D eigenvalue weighted by atomic mass is 10.2. The van der Waals surface area contributed by atoms with E-state index in [1.165, 1.54) is 4.90 Å². The summed E-state index contributed by atoms with van der Waals surface area (Å²) in [7, 11) is 0. The number of hydrogen-bond donors (Lipinski definition) is 1. The van der Waals surface area contributed by atoms with Crippen LogP contribution in [-0.2, 0) is 9.59 Å². The number of rotatable bonds is 3. The molecule has 3 rings (SSSR count). The summed E-state index contributed by atoms with van der Waals surface area (Å²) in [4.78, 5) is 25.9. The van der Waals surface area contributed by atoms with Crippen molar-refractivity contribution < 1.29 is 14.3 Å². The Morgan fingerprint density at radius 1 is 1.09 bits per heavy atom. The van der Waals surface area contributed by atoms with Gasteiger partial charge in [0.2, 0.25) is 11.8 Å². The van der Waals surface area contributed by atoms with Crippen LogP contribution in [0.3, 0.4) is 0 Å². The fraction of sp³-hybridized carbons (Fsp3) is 0.176. The molecule has 0 fully saturated rings. The molecule has 112 valence electrons. The van der Waals surface area contributed by atoms with Crippen LogP contribution in [0.1, 0.15) is 6.42 Å². The van der Waals surface area contributed by atoms with Gasteiger partial charge in [-0.05, 0) is 24.3 Å². The van der Waals surface area contributed by atoms with Gasteiger partial charge in [0, 0.05) is 5.69 Å². The van der Waals surface area contributed by atoms with E-state index in [1.807, 2.05) is 30.3 Å². The van der Waals surface area contributed by atoms with Gasteiger partial charge in [-0.25, -0.2) is 0 Å². The lowest BCUT2D eigenvalue weighted by molar-refractivity contribution is -0.121. The van der Waals surface area contributed by atoms with Gasteiger partial charge in [-0.3, -0.25) is 14.5 Å². The second-order valence-electron chi connectivity index (χ2n) is 4.96.